The smallest absolute Gasteiger partial charge is 0.0543 e. The Morgan fingerprint density at radius 3 is 2.47 bits per heavy atom. The fraction of sp³-hybridized carbons (Fsp3) is 1.00. The van der Waals surface area contributed by atoms with Crippen molar-refractivity contribution in [3.05, 3.63) is 0 Å². The summed E-state index contributed by atoms with van der Waals surface area (Å²) in [6.45, 7) is 7.46. The zero-order valence-corrected chi connectivity index (χ0v) is 13.1. The molecule has 3 fully saturated rings. The summed E-state index contributed by atoms with van der Waals surface area (Å²) in [4.78, 5) is 0. The van der Waals surface area contributed by atoms with E-state index in [1.807, 2.05) is 0 Å². The summed E-state index contributed by atoms with van der Waals surface area (Å²) in [5.41, 5.74) is 0.599. The van der Waals surface area contributed by atoms with Crippen LogP contribution >= 0.6 is 0 Å². The van der Waals surface area contributed by atoms with E-state index < -0.39 is 0 Å². The number of rotatable bonds is 1. The van der Waals surface area contributed by atoms with Crippen molar-refractivity contribution in [2.45, 2.75) is 78.2 Å². The van der Waals surface area contributed by atoms with Gasteiger partial charge in [-0.15, -0.1) is 0 Å². The van der Waals surface area contributed by atoms with Crippen LogP contribution in [0.5, 0.6) is 0 Å². The molecule has 0 bridgehead atoms. The van der Waals surface area contributed by atoms with Crippen molar-refractivity contribution in [3.63, 3.8) is 0 Å². The third kappa shape index (κ3) is 2.26. The van der Waals surface area contributed by atoms with E-state index in [2.05, 4.69) is 20.8 Å². The SMILES string of the molecule is CCC1(C)CCC2C3CCC(O)CC3CCC2C1C. The lowest BCUT2D eigenvalue weighted by Gasteiger charge is -2.56. The van der Waals surface area contributed by atoms with Crippen molar-refractivity contribution < 1.29 is 5.11 Å². The van der Waals surface area contributed by atoms with Crippen LogP contribution in [0.4, 0.5) is 0 Å². The van der Waals surface area contributed by atoms with Gasteiger partial charge in [-0.1, -0.05) is 27.2 Å². The van der Waals surface area contributed by atoms with Crippen LogP contribution in [0.2, 0.25) is 0 Å². The molecule has 19 heavy (non-hydrogen) atoms. The Morgan fingerprint density at radius 1 is 1.00 bits per heavy atom. The van der Waals surface area contributed by atoms with E-state index in [0.29, 0.717) is 5.41 Å². The van der Waals surface area contributed by atoms with Crippen LogP contribution in [0.15, 0.2) is 0 Å². The van der Waals surface area contributed by atoms with Gasteiger partial charge in [0.25, 0.3) is 0 Å². The predicted octanol–water partition coefficient (Wildman–Crippen LogP) is 4.64. The van der Waals surface area contributed by atoms with Gasteiger partial charge in [-0.3, -0.25) is 0 Å². The molecule has 3 aliphatic rings. The molecule has 0 aromatic carbocycles. The molecule has 0 spiro atoms. The fourth-order valence-electron chi connectivity index (χ4n) is 5.88. The summed E-state index contributed by atoms with van der Waals surface area (Å²) in [5.74, 6) is 4.68. The van der Waals surface area contributed by atoms with Crippen LogP contribution in [0.25, 0.3) is 0 Å². The average molecular weight is 264 g/mol. The predicted molar refractivity (Wildman–Crippen MR) is 79.8 cm³/mol. The Hall–Kier alpha value is -0.0400. The lowest BCUT2D eigenvalue weighted by molar-refractivity contribution is -0.0736. The number of fused-ring (bicyclic) bond motifs is 3. The molecule has 110 valence electrons. The van der Waals surface area contributed by atoms with E-state index in [-0.39, 0.29) is 6.10 Å². The van der Waals surface area contributed by atoms with Gasteiger partial charge in [0, 0.05) is 0 Å². The second-order valence-electron chi connectivity index (χ2n) is 8.13. The maximum absolute atomic E-state index is 9.92. The van der Waals surface area contributed by atoms with Gasteiger partial charge in [0.2, 0.25) is 0 Å². The molecule has 0 saturated heterocycles. The minimum Gasteiger partial charge on any atom is -0.393 e. The van der Waals surface area contributed by atoms with Crippen molar-refractivity contribution in [3.8, 4) is 0 Å². The molecule has 0 aromatic heterocycles. The van der Waals surface area contributed by atoms with Crippen LogP contribution in [0, 0.1) is 35.0 Å². The van der Waals surface area contributed by atoms with Gasteiger partial charge >= 0.3 is 0 Å². The van der Waals surface area contributed by atoms with Crippen molar-refractivity contribution in [2.24, 2.45) is 35.0 Å². The van der Waals surface area contributed by atoms with Crippen molar-refractivity contribution in [2.75, 3.05) is 0 Å². The molecule has 0 aromatic rings. The number of aliphatic hydroxyl groups is 1. The molecule has 0 radical (unpaired) electrons. The second-order valence-corrected chi connectivity index (χ2v) is 8.13. The van der Waals surface area contributed by atoms with Gasteiger partial charge in [0.15, 0.2) is 0 Å². The molecule has 0 amide bonds. The maximum atomic E-state index is 9.92. The van der Waals surface area contributed by atoms with Gasteiger partial charge in [0.05, 0.1) is 6.10 Å². The summed E-state index contributed by atoms with van der Waals surface area (Å²) >= 11 is 0. The molecule has 3 saturated carbocycles. The summed E-state index contributed by atoms with van der Waals surface area (Å²) in [5, 5.41) is 9.92. The topological polar surface area (TPSA) is 20.2 Å². The molecule has 7 unspecified atom stereocenters. The standard InChI is InChI=1S/C18H32O/c1-4-18(3)10-9-17-15(12(18)2)7-5-13-11-14(19)6-8-16(13)17/h12-17,19H,4-11H2,1-3H3. The molecule has 3 rings (SSSR count). The molecule has 7 atom stereocenters. The summed E-state index contributed by atoms with van der Waals surface area (Å²) in [6, 6.07) is 0. The molecule has 0 aliphatic heterocycles. The van der Waals surface area contributed by atoms with Gasteiger partial charge in [-0.05, 0) is 80.0 Å². The van der Waals surface area contributed by atoms with E-state index in [1.165, 1.54) is 38.5 Å². The summed E-state index contributed by atoms with van der Waals surface area (Å²) in [6.07, 6.45) is 10.6. The average Bonchev–Trinajstić information content (AvgIpc) is 2.42. The van der Waals surface area contributed by atoms with Crippen LogP contribution in [-0.2, 0) is 0 Å². The molecule has 1 nitrogen and oxygen atoms in total. The highest BCUT2D eigenvalue weighted by Gasteiger charge is 2.49. The molecule has 0 heterocycles. The normalized spacial score (nSPS) is 54.3. The number of aliphatic hydroxyl groups excluding tert-OH is 1. The third-order valence-electron chi connectivity index (χ3n) is 7.58. The minimum absolute atomic E-state index is 0.0136. The van der Waals surface area contributed by atoms with Crippen molar-refractivity contribution in [1.29, 1.82) is 0 Å². The third-order valence-corrected chi connectivity index (χ3v) is 7.58. The van der Waals surface area contributed by atoms with E-state index in [4.69, 9.17) is 0 Å². The Bertz CT molecular complexity index is 326. The largest absolute Gasteiger partial charge is 0.393 e. The monoisotopic (exact) mass is 264 g/mol. The first-order valence-corrected chi connectivity index (χ1v) is 8.73. The molecular formula is C18H32O. The highest BCUT2D eigenvalue weighted by atomic mass is 16.3. The molecule has 3 aliphatic carbocycles. The highest BCUT2D eigenvalue weighted by molar-refractivity contribution is 4.99. The Kier molecular flexibility index (Phi) is 3.71. The summed E-state index contributed by atoms with van der Waals surface area (Å²) < 4.78 is 0. The summed E-state index contributed by atoms with van der Waals surface area (Å²) in [7, 11) is 0. The molecule has 1 heteroatoms. The minimum atomic E-state index is 0.0136. The van der Waals surface area contributed by atoms with Crippen LogP contribution in [0.1, 0.15) is 72.1 Å². The van der Waals surface area contributed by atoms with E-state index in [0.717, 1.165) is 42.4 Å². The van der Waals surface area contributed by atoms with Gasteiger partial charge in [-0.25, -0.2) is 0 Å². The second kappa shape index (κ2) is 5.06. The zero-order valence-electron chi connectivity index (χ0n) is 13.1. The van der Waals surface area contributed by atoms with Gasteiger partial charge in [-0.2, -0.15) is 0 Å². The zero-order chi connectivity index (χ0) is 13.6. The fourth-order valence-corrected chi connectivity index (χ4v) is 5.88. The first-order valence-electron chi connectivity index (χ1n) is 8.73. The van der Waals surface area contributed by atoms with E-state index in [9.17, 15) is 5.11 Å². The van der Waals surface area contributed by atoms with Crippen molar-refractivity contribution >= 4 is 0 Å². The maximum Gasteiger partial charge on any atom is 0.0543 e. The van der Waals surface area contributed by atoms with Crippen LogP contribution < -0.4 is 0 Å². The highest BCUT2D eigenvalue weighted by Crippen LogP contribution is 2.58. The van der Waals surface area contributed by atoms with E-state index in [1.54, 1.807) is 0 Å². The quantitative estimate of drug-likeness (QED) is 0.731. The molecule has 1 N–H and O–H groups in total. The first kappa shape index (κ1) is 13.9. The first-order chi connectivity index (χ1) is 9.05. The number of hydrogen-bond acceptors (Lipinski definition) is 1. The van der Waals surface area contributed by atoms with Crippen LogP contribution in [-0.4, -0.2) is 11.2 Å². The Morgan fingerprint density at radius 2 is 1.74 bits per heavy atom. The number of hydrogen-bond donors (Lipinski definition) is 1. The Labute approximate surface area is 119 Å². The van der Waals surface area contributed by atoms with Crippen LogP contribution in [0.3, 0.4) is 0 Å². The van der Waals surface area contributed by atoms with E-state index >= 15 is 0 Å². The van der Waals surface area contributed by atoms with Gasteiger partial charge in [0.1, 0.15) is 0 Å². The van der Waals surface area contributed by atoms with Gasteiger partial charge < -0.3 is 5.11 Å². The lowest BCUT2D eigenvalue weighted by atomic mass is 9.50. The Balaban J connectivity index is 1.76. The van der Waals surface area contributed by atoms with Crippen molar-refractivity contribution in [1.82, 2.24) is 0 Å². The molecular weight excluding hydrogens is 232 g/mol. The lowest BCUT2D eigenvalue weighted by Crippen LogP contribution is -2.48.